The molecule has 0 unspecified atom stereocenters. The van der Waals surface area contributed by atoms with E-state index < -0.39 is 0 Å². The SMILES string of the molecule is CCC(C)(C)NC(=O)CNCCC(=O)NC. The van der Waals surface area contributed by atoms with E-state index in [0.29, 0.717) is 13.0 Å². The summed E-state index contributed by atoms with van der Waals surface area (Å²) in [6, 6.07) is 0. The number of rotatable bonds is 7. The number of carbonyl (C=O) groups is 2. The molecule has 2 amide bonds. The average Bonchev–Trinajstić information content (AvgIpc) is 2.23. The average molecular weight is 229 g/mol. The van der Waals surface area contributed by atoms with Gasteiger partial charge in [-0.25, -0.2) is 0 Å². The number of carbonyl (C=O) groups excluding carboxylic acids is 2. The molecule has 0 aliphatic rings. The predicted molar refractivity (Wildman–Crippen MR) is 64.1 cm³/mol. The van der Waals surface area contributed by atoms with Gasteiger partial charge in [0.1, 0.15) is 0 Å². The molecule has 0 saturated heterocycles. The van der Waals surface area contributed by atoms with Gasteiger partial charge in [-0.1, -0.05) is 6.92 Å². The van der Waals surface area contributed by atoms with Crippen LogP contribution in [0, 0.1) is 0 Å². The maximum Gasteiger partial charge on any atom is 0.234 e. The van der Waals surface area contributed by atoms with Gasteiger partial charge < -0.3 is 16.0 Å². The van der Waals surface area contributed by atoms with Gasteiger partial charge in [-0.3, -0.25) is 9.59 Å². The van der Waals surface area contributed by atoms with Crippen LogP contribution in [0.15, 0.2) is 0 Å². The third-order valence-electron chi connectivity index (χ3n) is 2.45. The second kappa shape index (κ2) is 7.22. The summed E-state index contributed by atoms with van der Waals surface area (Å²) in [5, 5.41) is 8.35. The highest BCUT2D eigenvalue weighted by Crippen LogP contribution is 2.05. The number of nitrogens with one attached hydrogen (secondary N) is 3. The molecule has 0 aromatic heterocycles. The molecule has 0 rings (SSSR count). The third-order valence-corrected chi connectivity index (χ3v) is 2.45. The van der Waals surface area contributed by atoms with Crippen LogP contribution >= 0.6 is 0 Å². The lowest BCUT2D eigenvalue weighted by Gasteiger charge is -2.24. The van der Waals surface area contributed by atoms with E-state index >= 15 is 0 Å². The van der Waals surface area contributed by atoms with Crippen LogP contribution in [0.2, 0.25) is 0 Å². The molecular formula is C11H23N3O2. The van der Waals surface area contributed by atoms with Crippen molar-refractivity contribution in [3.05, 3.63) is 0 Å². The van der Waals surface area contributed by atoms with E-state index in [0.717, 1.165) is 6.42 Å². The first-order chi connectivity index (χ1) is 7.41. The summed E-state index contributed by atoms with van der Waals surface area (Å²) in [6.45, 7) is 6.75. The Morgan fingerprint density at radius 2 is 1.81 bits per heavy atom. The number of hydrogen-bond acceptors (Lipinski definition) is 3. The molecule has 5 heteroatoms. The lowest BCUT2D eigenvalue weighted by atomic mass is 10.0. The lowest BCUT2D eigenvalue weighted by Crippen LogP contribution is -2.46. The fraction of sp³-hybridized carbons (Fsp3) is 0.818. The fourth-order valence-electron chi connectivity index (χ4n) is 1.04. The van der Waals surface area contributed by atoms with Crippen molar-refractivity contribution < 1.29 is 9.59 Å². The number of hydrogen-bond donors (Lipinski definition) is 3. The van der Waals surface area contributed by atoms with Gasteiger partial charge in [-0.2, -0.15) is 0 Å². The van der Waals surface area contributed by atoms with E-state index in [1.165, 1.54) is 0 Å². The monoisotopic (exact) mass is 229 g/mol. The van der Waals surface area contributed by atoms with E-state index in [9.17, 15) is 9.59 Å². The molecule has 3 N–H and O–H groups in total. The van der Waals surface area contributed by atoms with Gasteiger partial charge in [0, 0.05) is 25.6 Å². The fourth-order valence-corrected chi connectivity index (χ4v) is 1.04. The molecule has 0 fully saturated rings. The van der Waals surface area contributed by atoms with Gasteiger partial charge in [0.2, 0.25) is 11.8 Å². The molecule has 0 radical (unpaired) electrons. The molecule has 0 aliphatic carbocycles. The van der Waals surface area contributed by atoms with E-state index in [1.54, 1.807) is 7.05 Å². The Kier molecular flexibility index (Phi) is 6.72. The normalized spacial score (nSPS) is 11.0. The molecule has 0 aromatic rings. The van der Waals surface area contributed by atoms with Crippen LogP contribution in [-0.4, -0.2) is 37.5 Å². The molecular weight excluding hydrogens is 206 g/mol. The molecule has 0 aromatic carbocycles. The Hall–Kier alpha value is -1.10. The first-order valence-electron chi connectivity index (χ1n) is 5.63. The van der Waals surface area contributed by atoms with Crippen molar-refractivity contribution in [2.24, 2.45) is 0 Å². The van der Waals surface area contributed by atoms with Crippen LogP contribution in [0.3, 0.4) is 0 Å². The first-order valence-corrected chi connectivity index (χ1v) is 5.63. The number of amides is 2. The predicted octanol–water partition coefficient (Wildman–Crippen LogP) is 0.0169. The summed E-state index contributed by atoms with van der Waals surface area (Å²) in [4.78, 5) is 22.3. The van der Waals surface area contributed by atoms with Crippen molar-refractivity contribution in [1.29, 1.82) is 0 Å². The van der Waals surface area contributed by atoms with E-state index in [4.69, 9.17) is 0 Å². The molecule has 0 atom stereocenters. The highest BCUT2D eigenvalue weighted by atomic mass is 16.2. The Labute approximate surface area is 97.4 Å². The first kappa shape index (κ1) is 14.9. The maximum atomic E-state index is 11.5. The zero-order valence-corrected chi connectivity index (χ0v) is 10.6. The summed E-state index contributed by atoms with van der Waals surface area (Å²) in [5.74, 6) is -0.0643. The standard InChI is InChI=1S/C11H23N3O2/c1-5-11(2,3)14-10(16)8-13-7-6-9(15)12-4/h13H,5-8H2,1-4H3,(H,12,15)(H,14,16). The Bertz CT molecular complexity index is 239. The van der Waals surface area contributed by atoms with Gasteiger partial charge in [0.15, 0.2) is 0 Å². The minimum atomic E-state index is -0.167. The molecule has 94 valence electrons. The van der Waals surface area contributed by atoms with Crippen molar-refractivity contribution in [1.82, 2.24) is 16.0 Å². The summed E-state index contributed by atoms with van der Waals surface area (Å²) in [6.07, 6.45) is 1.28. The Morgan fingerprint density at radius 3 is 2.31 bits per heavy atom. The minimum Gasteiger partial charge on any atom is -0.359 e. The van der Waals surface area contributed by atoms with Crippen molar-refractivity contribution in [2.75, 3.05) is 20.1 Å². The summed E-state index contributed by atoms with van der Waals surface area (Å²) in [5.41, 5.74) is -0.167. The maximum absolute atomic E-state index is 11.5. The van der Waals surface area contributed by atoms with Gasteiger partial charge in [0.05, 0.1) is 6.54 Å². The quantitative estimate of drug-likeness (QED) is 0.539. The topological polar surface area (TPSA) is 70.2 Å². The molecule has 0 saturated carbocycles. The Morgan fingerprint density at radius 1 is 1.19 bits per heavy atom. The molecule has 0 bridgehead atoms. The molecule has 5 nitrogen and oxygen atoms in total. The van der Waals surface area contributed by atoms with Crippen LogP contribution in [0.4, 0.5) is 0 Å². The zero-order chi connectivity index (χ0) is 12.6. The largest absolute Gasteiger partial charge is 0.359 e. The van der Waals surface area contributed by atoms with Crippen LogP contribution in [-0.2, 0) is 9.59 Å². The summed E-state index contributed by atoms with van der Waals surface area (Å²) in [7, 11) is 1.60. The zero-order valence-electron chi connectivity index (χ0n) is 10.6. The van der Waals surface area contributed by atoms with Crippen LogP contribution in [0.1, 0.15) is 33.6 Å². The molecule has 16 heavy (non-hydrogen) atoms. The third kappa shape index (κ3) is 7.23. The second-order valence-corrected chi connectivity index (χ2v) is 4.39. The molecule has 0 aliphatic heterocycles. The van der Waals surface area contributed by atoms with E-state index in [1.807, 2.05) is 20.8 Å². The van der Waals surface area contributed by atoms with Crippen LogP contribution in [0.25, 0.3) is 0 Å². The minimum absolute atomic E-state index is 0.0261. The van der Waals surface area contributed by atoms with Gasteiger partial charge >= 0.3 is 0 Å². The lowest BCUT2D eigenvalue weighted by molar-refractivity contribution is -0.123. The molecule has 0 heterocycles. The van der Waals surface area contributed by atoms with Crippen molar-refractivity contribution in [2.45, 2.75) is 39.2 Å². The van der Waals surface area contributed by atoms with Gasteiger partial charge in [-0.15, -0.1) is 0 Å². The van der Waals surface area contributed by atoms with Crippen molar-refractivity contribution in [3.63, 3.8) is 0 Å². The van der Waals surface area contributed by atoms with Crippen molar-refractivity contribution in [3.8, 4) is 0 Å². The second-order valence-electron chi connectivity index (χ2n) is 4.39. The summed E-state index contributed by atoms with van der Waals surface area (Å²) < 4.78 is 0. The van der Waals surface area contributed by atoms with Gasteiger partial charge in [-0.05, 0) is 20.3 Å². The molecule has 0 spiro atoms. The van der Waals surface area contributed by atoms with Crippen molar-refractivity contribution >= 4 is 11.8 Å². The van der Waals surface area contributed by atoms with E-state index in [2.05, 4.69) is 16.0 Å². The van der Waals surface area contributed by atoms with E-state index in [-0.39, 0.29) is 23.9 Å². The van der Waals surface area contributed by atoms with Crippen LogP contribution in [0.5, 0.6) is 0 Å². The highest BCUT2D eigenvalue weighted by molar-refractivity contribution is 5.79. The smallest absolute Gasteiger partial charge is 0.234 e. The van der Waals surface area contributed by atoms with Gasteiger partial charge in [0.25, 0.3) is 0 Å². The summed E-state index contributed by atoms with van der Waals surface area (Å²) >= 11 is 0. The Balaban J connectivity index is 3.63. The van der Waals surface area contributed by atoms with Crippen LogP contribution < -0.4 is 16.0 Å². The highest BCUT2D eigenvalue weighted by Gasteiger charge is 2.16.